The summed E-state index contributed by atoms with van der Waals surface area (Å²) in [6.07, 6.45) is 41.6. The van der Waals surface area contributed by atoms with E-state index in [0.717, 1.165) is 41.7 Å². The van der Waals surface area contributed by atoms with Crippen molar-refractivity contribution in [2.45, 2.75) is 248 Å². The number of rotatable bonds is 35. The van der Waals surface area contributed by atoms with Gasteiger partial charge in [-0.3, -0.25) is 0 Å². The third kappa shape index (κ3) is 17.1. The molecule has 384 valence electrons. The van der Waals surface area contributed by atoms with Crippen LogP contribution < -0.4 is 11.5 Å². The van der Waals surface area contributed by atoms with E-state index in [0.29, 0.717) is 17.4 Å². The molecule has 4 aromatic rings. The number of benzene rings is 1. The van der Waals surface area contributed by atoms with Gasteiger partial charge in [-0.1, -0.05) is 209 Å². The molecule has 0 saturated heterocycles. The molecule has 0 amide bonds. The van der Waals surface area contributed by atoms with E-state index < -0.39 is 0 Å². The van der Waals surface area contributed by atoms with Gasteiger partial charge in [0.1, 0.15) is 11.9 Å². The van der Waals surface area contributed by atoms with E-state index in [1.54, 1.807) is 15.8 Å². The van der Waals surface area contributed by atoms with E-state index in [1.807, 2.05) is 30.4 Å². The number of ether oxygens (including phenoxy) is 1. The minimum atomic E-state index is -0.130. The summed E-state index contributed by atoms with van der Waals surface area (Å²) in [5.74, 6) is 4.32. The molecule has 3 aromatic heterocycles. The number of fused-ring (bicyclic) bond motifs is 2. The minimum Gasteiger partial charge on any atom is -0.486 e. The van der Waals surface area contributed by atoms with Gasteiger partial charge in [-0.05, 0) is 103 Å². The summed E-state index contributed by atoms with van der Waals surface area (Å²) in [4.78, 5) is 2.67. The Morgan fingerprint density at radius 3 is 1.71 bits per heavy atom. The van der Waals surface area contributed by atoms with Gasteiger partial charge in [-0.15, -0.1) is 32.9 Å². The standard InChI is InChI=1S/C61H96N4O2S2/c1-10-15-19-21-23-27-31-45(29-25-17-12-3)33-35-47-49-42-54(44(6)7)68-57(49)48(36-34-46(30-26-18-13-4)32-28-24-22-20-16-11-2)50-43-55(69-58(47)50)51-37-38-52(66-51)59(62)64-65-60(63)53-39-40-56(67-53)61(8,9)41-14-5/h14,37-39,41-46,56H,10-13,15-36,40H2,1-9H3,(H2,62,64)(H2,63,65). The first-order valence-electron chi connectivity index (χ1n) is 28.2. The number of hydrogen-bond donors (Lipinski definition) is 2. The molecule has 1 aliphatic heterocycles. The third-order valence-corrected chi connectivity index (χ3v) is 17.8. The van der Waals surface area contributed by atoms with E-state index in [9.17, 15) is 0 Å². The summed E-state index contributed by atoms with van der Waals surface area (Å²) in [5, 5.41) is 11.6. The molecule has 1 aliphatic rings. The molecule has 0 bridgehead atoms. The first-order chi connectivity index (χ1) is 33.4. The van der Waals surface area contributed by atoms with Gasteiger partial charge in [-0.25, -0.2) is 0 Å². The van der Waals surface area contributed by atoms with E-state index in [4.69, 9.17) is 20.6 Å². The van der Waals surface area contributed by atoms with Crippen LogP contribution in [0, 0.1) is 17.3 Å². The summed E-state index contributed by atoms with van der Waals surface area (Å²) >= 11 is 4.00. The molecular formula is C61H96N4O2S2. The second-order valence-electron chi connectivity index (χ2n) is 21.6. The fourth-order valence-electron chi connectivity index (χ4n) is 10.6. The van der Waals surface area contributed by atoms with Crippen LogP contribution in [0.5, 0.6) is 0 Å². The molecule has 3 atom stereocenters. The molecule has 0 spiro atoms. The van der Waals surface area contributed by atoms with Crippen LogP contribution >= 0.6 is 22.7 Å². The van der Waals surface area contributed by atoms with Crippen molar-refractivity contribution in [2.24, 2.45) is 38.9 Å². The van der Waals surface area contributed by atoms with Crippen LogP contribution in [-0.4, -0.2) is 17.8 Å². The Morgan fingerprint density at radius 1 is 0.667 bits per heavy atom. The molecule has 6 nitrogen and oxygen atoms in total. The van der Waals surface area contributed by atoms with Gasteiger partial charge >= 0.3 is 0 Å². The van der Waals surface area contributed by atoms with Gasteiger partial charge in [0.2, 0.25) is 0 Å². The van der Waals surface area contributed by atoms with Crippen molar-refractivity contribution >= 4 is 54.5 Å². The first kappa shape index (κ1) is 56.6. The number of nitrogens with two attached hydrogens (primary N) is 2. The number of nitrogens with zero attached hydrogens (tertiary/aromatic N) is 2. The Labute approximate surface area is 428 Å². The molecule has 1 aromatic carbocycles. The van der Waals surface area contributed by atoms with Gasteiger partial charge in [0.05, 0.1) is 4.88 Å². The summed E-state index contributed by atoms with van der Waals surface area (Å²) in [6.45, 7) is 20.5. The van der Waals surface area contributed by atoms with E-state index in [2.05, 4.69) is 107 Å². The predicted molar refractivity (Wildman–Crippen MR) is 305 cm³/mol. The highest BCUT2D eigenvalue weighted by Gasteiger charge is 2.33. The largest absolute Gasteiger partial charge is 0.486 e. The number of amidine groups is 2. The predicted octanol–water partition coefficient (Wildman–Crippen LogP) is 19.5. The van der Waals surface area contributed by atoms with E-state index in [-0.39, 0.29) is 23.2 Å². The van der Waals surface area contributed by atoms with E-state index >= 15 is 0 Å². The third-order valence-electron chi connectivity index (χ3n) is 15.1. The van der Waals surface area contributed by atoms with Crippen molar-refractivity contribution in [3.8, 4) is 10.6 Å². The number of unbranched alkanes of at least 4 members (excludes halogenated alkanes) is 14. The highest BCUT2D eigenvalue weighted by Crippen LogP contribution is 2.47. The second-order valence-corrected chi connectivity index (χ2v) is 23.8. The molecule has 0 fully saturated rings. The highest BCUT2D eigenvalue weighted by molar-refractivity contribution is 7.23. The van der Waals surface area contributed by atoms with Crippen molar-refractivity contribution in [1.82, 2.24) is 0 Å². The zero-order valence-electron chi connectivity index (χ0n) is 45.1. The fourth-order valence-corrected chi connectivity index (χ4v) is 13.1. The maximum absolute atomic E-state index is 6.58. The zero-order chi connectivity index (χ0) is 49.6. The van der Waals surface area contributed by atoms with Crippen LogP contribution in [0.2, 0.25) is 0 Å². The molecule has 4 heterocycles. The fraction of sp³-hybridized carbons (Fsp3) is 0.672. The normalized spacial score (nSPS) is 15.9. The maximum atomic E-state index is 6.58. The van der Waals surface area contributed by atoms with Crippen LogP contribution in [0.1, 0.15) is 251 Å². The Balaban J connectivity index is 1.50. The highest BCUT2D eigenvalue weighted by atomic mass is 32.1. The lowest BCUT2D eigenvalue weighted by molar-refractivity contribution is 0.0744. The average molecular weight is 982 g/mol. The average Bonchev–Trinajstić information content (AvgIpc) is 4.18. The van der Waals surface area contributed by atoms with Crippen molar-refractivity contribution in [3.63, 3.8) is 0 Å². The minimum absolute atomic E-state index is 0.0172. The topological polar surface area (TPSA) is 99.1 Å². The molecule has 69 heavy (non-hydrogen) atoms. The molecule has 4 N–H and O–H groups in total. The molecule has 3 unspecified atom stereocenters. The SMILES string of the molecule is CC=CC(C)(C)C1CC=C(/C(N)=N/N=C(\N)c2ccc(-c3cc4c(CCC(CCCCC)CCCCCCCC)c5sc(C(C)C)cc5c(CCC(CCCCC)CCCCCCCC)c4s3)o2)O1. The summed E-state index contributed by atoms with van der Waals surface area (Å²) in [6, 6.07) is 9.04. The molecule has 0 aliphatic carbocycles. The van der Waals surface area contributed by atoms with Crippen molar-refractivity contribution < 1.29 is 9.15 Å². The van der Waals surface area contributed by atoms with Gasteiger partial charge < -0.3 is 20.6 Å². The number of aryl methyl sites for hydroxylation is 2. The van der Waals surface area contributed by atoms with Crippen molar-refractivity contribution in [2.75, 3.05) is 0 Å². The maximum Gasteiger partial charge on any atom is 0.189 e. The molecular weight excluding hydrogens is 885 g/mol. The smallest absolute Gasteiger partial charge is 0.189 e. The molecule has 0 radical (unpaired) electrons. The van der Waals surface area contributed by atoms with Crippen LogP contribution in [0.15, 0.2) is 62.9 Å². The van der Waals surface area contributed by atoms with Gasteiger partial charge in [0.25, 0.3) is 0 Å². The zero-order valence-corrected chi connectivity index (χ0v) is 46.8. The van der Waals surface area contributed by atoms with Crippen LogP contribution in [0.4, 0.5) is 0 Å². The second kappa shape index (κ2) is 29.9. The van der Waals surface area contributed by atoms with Crippen molar-refractivity contribution in [1.29, 1.82) is 0 Å². The van der Waals surface area contributed by atoms with Crippen molar-refractivity contribution in [3.05, 3.63) is 70.0 Å². The number of allylic oxidation sites excluding steroid dienone is 1. The first-order valence-corrected chi connectivity index (χ1v) is 29.9. The number of thiophene rings is 2. The monoisotopic (exact) mass is 981 g/mol. The van der Waals surface area contributed by atoms with Crippen LogP contribution in [0.3, 0.4) is 0 Å². The van der Waals surface area contributed by atoms with E-state index in [1.165, 1.54) is 174 Å². The Kier molecular flexibility index (Phi) is 24.5. The lowest BCUT2D eigenvalue weighted by atomic mass is 9.85. The van der Waals surface area contributed by atoms with Crippen LogP contribution in [-0.2, 0) is 17.6 Å². The molecule has 5 rings (SSSR count). The Hall–Kier alpha value is -3.36. The number of furan rings is 1. The van der Waals surface area contributed by atoms with Gasteiger partial charge in [0, 0.05) is 26.1 Å². The molecule has 8 heteroatoms. The van der Waals surface area contributed by atoms with Gasteiger partial charge in [-0.2, -0.15) is 0 Å². The lowest BCUT2D eigenvalue weighted by Crippen LogP contribution is -2.28. The number of hydrogen-bond acceptors (Lipinski definition) is 6. The lowest BCUT2D eigenvalue weighted by Gasteiger charge is -2.28. The summed E-state index contributed by atoms with van der Waals surface area (Å²) < 4.78 is 15.8. The van der Waals surface area contributed by atoms with Crippen LogP contribution in [0.25, 0.3) is 30.8 Å². The summed E-state index contributed by atoms with van der Waals surface area (Å²) in [7, 11) is 0. The molecule has 0 saturated carbocycles. The van der Waals surface area contributed by atoms with Gasteiger partial charge in [0.15, 0.2) is 23.2 Å². The quantitative estimate of drug-likeness (QED) is 0.0158. The summed E-state index contributed by atoms with van der Waals surface area (Å²) in [5.41, 5.74) is 16.0. The Bertz CT molecular complexity index is 2140. The Morgan fingerprint density at radius 2 is 1.16 bits per heavy atom.